The predicted molar refractivity (Wildman–Crippen MR) is 113 cm³/mol. The van der Waals surface area contributed by atoms with Crippen molar-refractivity contribution in [2.75, 3.05) is 39.3 Å². The van der Waals surface area contributed by atoms with Crippen LogP contribution in [0.4, 0.5) is 0 Å². The molecular formula is C22H30N2O3S. The maximum absolute atomic E-state index is 12.7. The lowest BCUT2D eigenvalue weighted by Gasteiger charge is -2.35. The molecule has 28 heavy (non-hydrogen) atoms. The van der Waals surface area contributed by atoms with Crippen molar-refractivity contribution >= 4 is 17.2 Å². The summed E-state index contributed by atoms with van der Waals surface area (Å²) in [7, 11) is 0. The van der Waals surface area contributed by atoms with Crippen molar-refractivity contribution < 1.29 is 14.6 Å². The van der Waals surface area contributed by atoms with Crippen molar-refractivity contribution in [1.82, 2.24) is 9.80 Å². The quantitative estimate of drug-likeness (QED) is 0.737. The Morgan fingerprint density at radius 3 is 2.46 bits per heavy atom. The highest BCUT2D eigenvalue weighted by molar-refractivity contribution is 7.09. The molecule has 1 unspecified atom stereocenters. The van der Waals surface area contributed by atoms with Gasteiger partial charge in [-0.05, 0) is 35.1 Å². The standard InChI is InChI=1S/C22H30N2O3S/c1-17(2)18-5-7-19(8-6-18)22(26)24-11-9-23(10-12-24)14-20(25)15-27-16-21-4-3-13-28-21/h3-8,13,17,20,25H,9-12,14-16H2,1-2H3. The lowest BCUT2D eigenvalue weighted by atomic mass is 10.0. The molecular weight excluding hydrogens is 372 g/mol. The van der Waals surface area contributed by atoms with E-state index in [1.807, 2.05) is 46.7 Å². The Morgan fingerprint density at radius 1 is 1.14 bits per heavy atom. The van der Waals surface area contributed by atoms with Gasteiger partial charge in [-0.3, -0.25) is 9.69 Å². The van der Waals surface area contributed by atoms with E-state index in [0.29, 0.717) is 38.8 Å². The maximum atomic E-state index is 12.7. The number of nitrogens with zero attached hydrogens (tertiary/aromatic N) is 2. The molecule has 0 bridgehead atoms. The van der Waals surface area contributed by atoms with E-state index in [4.69, 9.17) is 4.74 Å². The number of carbonyl (C=O) groups is 1. The normalized spacial score (nSPS) is 16.5. The molecule has 1 saturated heterocycles. The Kier molecular flexibility index (Phi) is 7.62. The minimum Gasteiger partial charge on any atom is -0.389 e. The molecule has 2 heterocycles. The number of thiophene rings is 1. The topological polar surface area (TPSA) is 53.0 Å². The van der Waals surface area contributed by atoms with Crippen LogP contribution in [0.5, 0.6) is 0 Å². The van der Waals surface area contributed by atoms with Crippen LogP contribution in [0.1, 0.15) is 40.6 Å². The summed E-state index contributed by atoms with van der Waals surface area (Å²) in [5.74, 6) is 0.559. The van der Waals surface area contributed by atoms with Crippen LogP contribution in [0, 0.1) is 0 Å². The SMILES string of the molecule is CC(C)c1ccc(C(=O)N2CCN(CC(O)COCc3cccs3)CC2)cc1. The molecule has 0 spiro atoms. The number of amides is 1. The van der Waals surface area contributed by atoms with Crippen LogP contribution < -0.4 is 0 Å². The molecule has 5 nitrogen and oxygen atoms in total. The fourth-order valence-corrected chi connectivity index (χ4v) is 4.01. The van der Waals surface area contributed by atoms with E-state index in [-0.39, 0.29) is 5.91 Å². The van der Waals surface area contributed by atoms with Gasteiger partial charge >= 0.3 is 0 Å². The molecule has 0 radical (unpaired) electrons. The zero-order valence-electron chi connectivity index (χ0n) is 16.7. The number of benzene rings is 1. The van der Waals surface area contributed by atoms with Gasteiger partial charge in [0, 0.05) is 43.2 Å². The first-order valence-electron chi connectivity index (χ1n) is 9.92. The van der Waals surface area contributed by atoms with E-state index in [2.05, 4.69) is 18.7 Å². The Morgan fingerprint density at radius 2 is 1.86 bits per heavy atom. The first-order chi connectivity index (χ1) is 13.5. The first kappa shape index (κ1) is 21.0. The molecule has 1 aromatic carbocycles. The molecule has 1 aromatic heterocycles. The van der Waals surface area contributed by atoms with Crippen molar-refractivity contribution in [3.05, 3.63) is 57.8 Å². The number of piperazine rings is 1. The third-order valence-corrected chi connectivity index (χ3v) is 5.94. The number of β-amino-alcohol motifs (C(OH)–C–C–N with tert-alkyl or cyclic N) is 1. The molecule has 1 aliphatic heterocycles. The molecule has 0 saturated carbocycles. The monoisotopic (exact) mass is 402 g/mol. The average Bonchev–Trinajstić information content (AvgIpc) is 3.21. The number of hydrogen-bond acceptors (Lipinski definition) is 5. The van der Waals surface area contributed by atoms with Crippen LogP contribution in [-0.2, 0) is 11.3 Å². The summed E-state index contributed by atoms with van der Waals surface area (Å²) in [6, 6.07) is 12.0. The Bertz CT molecular complexity index is 723. The van der Waals surface area contributed by atoms with Gasteiger partial charge < -0.3 is 14.7 Å². The molecule has 152 valence electrons. The van der Waals surface area contributed by atoms with Crippen LogP contribution in [0.3, 0.4) is 0 Å². The van der Waals surface area contributed by atoms with Crippen molar-refractivity contribution in [2.24, 2.45) is 0 Å². The van der Waals surface area contributed by atoms with E-state index in [9.17, 15) is 9.90 Å². The second-order valence-electron chi connectivity index (χ2n) is 7.62. The van der Waals surface area contributed by atoms with Gasteiger partial charge in [-0.25, -0.2) is 0 Å². The highest BCUT2D eigenvalue weighted by Gasteiger charge is 2.23. The predicted octanol–water partition coefficient (Wildman–Crippen LogP) is 3.21. The van der Waals surface area contributed by atoms with Gasteiger partial charge in [0.25, 0.3) is 5.91 Å². The molecule has 1 fully saturated rings. The summed E-state index contributed by atoms with van der Waals surface area (Å²) in [5, 5.41) is 12.2. The van der Waals surface area contributed by atoms with Gasteiger partial charge in [0.1, 0.15) is 0 Å². The Hall–Kier alpha value is -1.73. The molecule has 1 N–H and O–H groups in total. The van der Waals surface area contributed by atoms with E-state index in [1.165, 1.54) is 10.4 Å². The summed E-state index contributed by atoms with van der Waals surface area (Å²) in [6.07, 6.45) is -0.509. The van der Waals surface area contributed by atoms with Gasteiger partial charge in [0.2, 0.25) is 0 Å². The highest BCUT2D eigenvalue weighted by atomic mass is 32.1. The van der Waals surface area contributed by atoms with Crippen molar-refractivity contribution in [3.8, 4) is 0 Å². The number of aliphatic hydroxyl groups is 1. The van der Waals surface area contributed by atoms with Crippen molar-refractivity contribution in [1.29, 1.82) is 0 Å². The van der Waals surface area contributed by atoms with Crippen LogP contribution in [0.15, 0.2) is 41.8 Å². The molecule has 3 rings (SSSR count). The fraction of sp³-hybridized carbons (Fsp3) is 0.500. The summed E-state index contributed by atoms with van der Waals surface area (Å²) in [6.45, 7) is 8.69. The van der Waals surface area contributed by atoms with E-state index >= 15 is 0 Å². The van der Waals surface area contributed by atoms with Gasteiger partial charge in [0.15, 0.2) is 0 Å². The van der Waals surface area contributed by atoms with E-state index in [1.54, 1.807) is 11.3 Å². The molecule has 1 atom stereocenters. The van der Waals surface area contributed by atoms with Gasteiger partial charge in [0.05, 0.1) is 19.3 Å². The number of carbonyl (C=O) groups excluding carboxylic acids is 1. The largest absolute Gasteiger partial charge is 0.389 e. The Labute approximate surface area is 171 Å². The van der Waals surface area contributed by atoms with Gasteiger partial charge in [-0.2, -0.15) is 0 Å². The summed E-state index contributed by atoms with van der Waals surface area (Å²) in [4.78, 5) is 18.0. The summed E-state index contributed by atoms with van der Waals surface area (Å²) < 4.78 is 5.59. The lowest BCUT2D eigenvalue weighted by molar-refractivity contribution is 0.00270. The van der Waals surface area contributed by atoms with Crippen molar-refractivity contribution in [3.63, 3.8) is 0 Å². The van der Waals surface area contributed by atoms with Crippen LogP contribution in [0.25, 0.3) is 0 Å². The number of ether oxygens (including phenoxy) is 1. The molecule has 6 heteroatoms. The zero-order valence-corrected chi connectivity index (χ0v) is 17.5. The minimum atomic E-state index is -0.509. The summed E-state index contributed by atoms with van der Waals surface area (Å²) in [5.41, 5.74) is 2.00. The van der Waals surface area contributed by atoms with Crippen LogP contribution >= 0.6 is 11.3 Å². The highest BCUT2D eigenvalue weighted by Crippen LogP contribution is 2.16. The van der Waals surface area contributed by atoms with Gasteiger partial charge in [-0.15, -0.1) is 11.3 Å². The second-order valence-corrected chi connectivity index (χ2v) is 8.65. The molecule has 1 aliphatic rings. The number of hydrogen-bond donors (Lipinski definition) is 1. The molecule has 2 aromatic rings. The third-order valence-electron chi connectivity index (χ3n) is 5.09. The fourth-order valence-electron chi connectivity index (χ4n) is 3.37. The van der Waals surface area contributed by atoms with Crippen LogP contribution in [0.2, 0.25) is 0 Å². The van der Waals surface area contributed by atoms with Gasteiger partial charge in [-0.1, -0.05) is 32.0 Å². The van der Waals surface area contributed by atoms with Crippen molar-refractivity contribution in [2.45, 2.75) is 32.5 Å². The maximum Gasteiger partial charge on any atom is 0.253 e. The Balaban J connectivity index is 1.39. The van der Waals surface area contributed by atoms with E-state index in [0.717, 1.165) is 18.7 Å². The van der Waals surface area contributed by atoms with E-state index < -0.39 is 6.10 Å². The number of aliphatic hydroxyl groups excluding tert-OH is 1. The van der Waals surface area contributed by atoms with Crippen LogP contribution in [-0.4, -0.2) is 66.2 Å². The smallest absolute Gasteiger partial charge is 0.253 e. The summed E-state index contributed by atoms with van der Waals surface area (Å²) >= 11 is 1.66. The lowest BCUT2D eigenvalue weighted by Crippen LogP contribution is -2.50. The minimum absolute atomic E-state index is 0.0924. The zero-order chi connectivity index (χ0) is 19.9. The number of rotatable bonds is 8. The first-order valence-corrected chi connectivity index (χ1v) is 10.8. The third kappa shape index (κ3) is 5.88. The second kappa shape index (κ2) is 10.2. The average molecular weight is 403 g/mol. The molecule has 0 aliphatic carbocycles. The molecule has 1 amide bonds.